The largest absolute Gasteiger partial charge is 0.493 e. The topological polar surface area (TPSA) is 63.2 Å². The standard InChI is InChI=1S/C25H25N5O/c1-2-11-31-24-10-6-4-8-19(24)14-30-15-21-23(16-30)27-17-28-25(21)29-20-12-18-7-3-5-9-22(18)26-13-20/h3-10,12-13,17H,2,11,14-16H2,1H3,(H,27,28,29). The molecule has 0 amide bonds. The van der Waals surface area contributed by atoms with Gasteiger partial charge in [-0.15, -0.1) is 0 Å². The minimum atomic E-state index is 0.733. The van der Waals surface area contributed by atoms with Gasteiger partial charge >= 0.3 is 0 Å². The average molecular weight is 412 g/mol. The van der Waals surface area contributed by atoms with Crippen LogP contribution in [0.5, 0.6) is 5.75 Å². The molecule has 0 unspecified atom stereocenters. The lowest BCUT2D eigenvalue weighted by atomic mass is 10.2. The molecule has 4 aromatic rings. The van der Waals surface area contributed by atoms with Gasteiger partial charge in [0, 0.05) is 36.1 Å². The van der Waals surface area contributed by atoms with Crippen molar-refractivity contribution in [2.45, 2.75) is 33.0 Å². The first-order valence-corrected chi connectivity index (χ1v) is 10.7. The molecule has 1 aliphatic rings. The Labute approximate surface area is 181 Å². The minimum Gasteiger partial charge on any atom is -0.493 e. The maximum atomic E-state index is 5.94. The smallest absolute Gasteiger partial charge is 0.138 e. The number of rotatable bonds is 7. The van der Waals surface area contributed by atoms with E-state index in [1.165, 1.54) is 5.56 Å². The summed E-state index contributed by atoms with van der Waals surface area (Å²) in [6.07, 6.45) is 4.49. The van der Waals surface area contributed by atoms with Crippen LogP contribution < -0.4 is 10.1 Å². The van der Waals surface area contributed by atoms with E-state index in [0.29, 0.717) is 0 Å². The molecule has 1 N–H and O–H groups in total. The number of nitrogens with one attached hydrogen (secondary N) is 1. The summed E-state index contributed by atoms with van der Waals surface area (Å²) in [6, 6.07) is 18.5. The van der Waals surface area contributed by atoms with Crippen LogP contribution in [-0.4, -0.2) is 26.5 Å². The number of nitrogens with zero attached hydrogens (tertiary/aromatic N) is 4. The van der Waals surface area contributed by atoms with E-state index in [1.807, 2.05) is 36.5 Å². The Bertz CT molecular complexity index is 1210. The monoisotopic (exact) mass is 411 g/mol. The van der Waals surface area contributed by atoms with Crippen molar-refractivity contribution < 1.29 is 4.74 Å². The summed E-state index contributed by atoms with van der Waals surface area (Å²) in [5.74, 6) is 1.81. The summed E-state index contributed by atoms with van der Waals surface area (Å²) in [6.45, 7) is 5.26. The lowest BCUT2D eigenvalue weighted by molar-refractivity contribution is 0.261. The zero-order valence-corrected chi connectivity index (χ0v) is 17.6. The zero-order valence-electron chi connectivity index (χ0n) is 17.6. The highest BCUT2D eigenvalue weighted by Gasteiger charge is 2.24. The van der Waals surface area contributed by atoms with E-state index in [1.54, 1.807) is 6.33 Å². The van der Waals surface area contributed by atoms with E-state index < -0.39 is 0 Å². The van der Waals surface area contributed by atoms with E-state index in [4.69, 9.17) is 4.74 Å². The summed E-state index contributed by atoms with van der Waals surface area (Å²) in [7, 11) is 0. The predicted octanol–water partition coefficient (Wildman–Crippen LogP) is 5.07. The second-order valence-corrected chi connectivity index (χ2v) is 7.79. The van der Waals surface area contributed by atoms with Crippen molar-refractivity contribution in [2.24, 2.45) is 0 Å². The van der Waals surface area contributed by atoms with Gasteiger partial charge in [-0.05, 0) is 24.6 Å². The van der Waals surface area contributed by atoms with Crippen molar-refractivity contribution in [3.8, 4) is 5.75 Å². The average Bonchev–Trinajstić information content (AvgIpc) is 3.22. The number of aromatic nitrogens is 3. The lowest BCUT2D eigenvalue weighted by Crippen LogP contribution is -2.16. The number of hydrogen-bond acceptors (Lipinski definition) is 6. The van der Waals surface area contributed by atoms with Crippen molar-refractivity contribution in [1.29, 1.82) is 0 Å². The maximum absolute atomic E-state index is 5.94. The SMILES string of the molecule is CCCOc1ccccc1CN1Cc2ncnc(Nc3cnc4ccccc4c3)c2C1. The molecule has 5 rings (SSSR count). The van der Waals surface area contributed by atoms with Crippen molar-refractivity contribution in [2.75, 3.05) is 11.9 Å². The van der Waals surface area contributed by atoms with Crippen LogP contribution in [-0.2, 0) is 19.6 Å². The highest BCUT2D eigenvalue weighted by molar-refractivity contribution is 5.82. The Hall–Kier alpha value is -3.51. The molecule has 156 valence electrons. The zero-order chi connectivity index (χ0) is 21.0. The van der Waals surface area contributed by atoms with Gasteiger partial charge in [0.25, 0.3) is 0 Å². The highest BCUT2D eigenvalue weighted by Crippen LogP contribution is 2.31. The number of benzene rings is 2. The van der Waals surface area contributed by atoms with Crippen molar-refractivity contribution in [1.82, 2.24) is 19.9 Å². The summed E-state index contributed by atoms with van der Waals surface area (Å²) in [5, 5.41) is 4.56. The van der Waals surface area contributed by atoms with Crippen LogP contribution >= 0.6 is 0 Å². The lowest BCUT2D eigenvalue weighted by Gasteiger charge is -2.17. The molecule has 6 heteroatoms. The van der Waals surface area contributed by atoms with Gasteiger partial charge in [0.2, 0.25) is 0 Å². The van der Waals surface area contributed by atoms with Crippen LogP contribution in [0.4, 0.5) is 11.5 Å². The number of pyridine rings is 1. The fourth-order valence-electron chi connectivity index (χ4n) is 3.97. The Balaban J connectivity index is 1.34. The Morgan fingerprint density at radius 2 is 1.87 bits per heavy atom. The molecule has 2 aromatic heterocycles. The van der Waals surface area contributed by atoms with Gasteiger partial charge in [-0.3, -0.25) is 9.88 Å². The third-order valence-corrected chi connectivity index (χ3v) is 5.47. The van der Waals surface area contributed by atoms with Gasteiger partial charge in [0.05, 0.1) is 29.7 Å². The summed E-state index contributed by atoms with van der Waals surface area (Å²) in [4.78, 5) is 16.0. The highest BCUT2D eigenvalue weighted by atomic mass is 16.5. The Morgan fingerprint density at radius 3 is 2.81 bits per heavy atom. The molecule has 0 atom stereocenters. The third kappa shape index (κ3) is 4.20. The van der Waals surface area contributed by atoms with Crippen LogP contribution in [0.25, 0.3) is 10.9 Å². The first-order valence-electron chi connectivity index (χ1n) is 10.7. The molecule has 3 heterocycles. The molecule has 0 radical (unpaired) electrons. The Kier molecular flexibility index (Phi) is 5.46. The molecule has 0 bridgehead atoms. The molecule has 31 heavy (non-hydrogen) atoms. The first-order chi connectivity index (χ1) is 15.3. The number of para-hydroxylation sites is 2. The van der Waals surface area contributed by atoms with Crippen LogP contribution in [0.15, 0.2) is 67.1 Å². The first kappa shape index (κ1) is 19.5. The van der Waals surface area contributed by atoms with Gasteiger partial charge in [0.1, 0.15) is 17.9 Å². The third-order valence-electron chi connectivity index (χ3n) is 5.47. The number of anilines is 2. The van der Waals surface area contributed by atoms with E-state index in [9.17, 15) is 0 Å². The summed E-state index contributed by atoms with van der Waals surface area (Å²) in [5.41, 5.74) is 5.32. The van der Waals surface area contributed by atoms with E-state index in [2.05, 4.69) is 56.4 Å². The van der Waals surface area contributed by atoms with E-state index in [-0.39, 0.29) is 0 Å². The van der Waals surface area contributed by atoms with Gasteiger partial charge in [-0.1, -0.05) is 43.3 Å². The minimum absolute atomic E-state index is 0.733. The Morgan fingerprint density at radius 1 is 1.00 bits per heavy atom. The summed E-state index contributed by atoms with van der Waals surface area (Å²) < 4.78 is 5.94. The maximum Gasteiger partial charge on any atom is 0.138 e. The van der Waals surface area contributed by atoms with Gasteiger partial charge in [-0.2, -0.15) is 0 Å². The van der Waals surface area contributed by atoms with Gasteiger partial charge in [0.15, 0.2) is 0 Å². The fraction of sp³-hybridized carbons (Fsp3) is 0.240. The summed E-state index contributed by atoms with van der Waals surface area (Å²) >= 11 is 0. The number of ether oxygens (including phenoxy) is 1. The van der Waals surface area contributed by atoms with Crippen LogP contribution in [0.2, 0.25) is 0 Å². The molecular formula is C25H25N5O. The van der Waals surface area contributed by atoms with Crippen LogP contribution in [0, 0.1) is 0 Å². The molecular weight excluding hydrogens is 386 g/mol. The number of hydrogen-bond donors (Lipinski definition) is 1. The normalized spacial score (nSPS) is 13.3. The molecule has 2 aromatic carbocycles. The quantitative estimate of drug-likeness (QED) is 0.458. The molecule has 0 fully saturated rings. The van der Waals surface area contributed by atoms with Gasteiger partial charge in [-0.25, -0.2) is 9.97 Å². The predicted molar refractivity (Wildman–Crippen MR) is 122 cm³/mol. The van der Waals surface area contributed by atoms with Crippen molar-refractivity contribution in [3.63, 3.8) is 0 Å². The second-order valence-electron chi connectivity index (χ2n) is 7.79. The van der Waals surface area contributed by atoms with Crippen molar-refractivity contribution in [3.05, 3.63) is 83.9 Å². The van der Waals surface area contributed by atoms with Crippen LogP contribution in [0.3, 0.4) is 0 Å². The number of fused-ring (bicyclic) bond motifs is 2. The van der Waals surface area contributed by atoms with Crippen molar-refractivity contribution >= 4 is 22.4 Å². The molecule has 0 saturated carbocycles. The second kappa shape index (κ2) is 8.70. The molecule has 1 aliphatic heterocycles. The molecule has 0 spiro atoms. The van der Waals surface area contributed by atoms with E-state index >= 15 is 0 Å². The molecule has 6 nitrogen and oxygen atoms in total. The fourth-order valence-corrected chi connectivity index (χ4v) is 3.97. The van der Waals surface area contributed by atoms with E-state index in [0.717, 1.165) is 72.1 Å². The molecule has 0 aliphatic carbocycles. The van der Waals surface area contributed by atoms with Crippen LogP contribution in [0.1, 0.15) is 30.2 Å². The van der Waals surface area contributed by atoms with Gasteiger partial charge < -0.3 is 10.1 Å². The molecule has 0 saturated heterocycles.